The Morgan fingerprint density at radius 3 is 2.91 bits per heavy atom. The van der Waals surface area contributed by atoms with Crippen LogP contribution in [0.1, 0.15) is 37.3 Å². The second-order valence-electron chi connectivity index (χ2n) is 6.57. The summed E-state index contributed by atoms with van der Waals surface area (Å²) in [5.41, 5.74) is 2.58. The maximum atomic E-state index is 12.2. The Hall–Kier alpha value is -1.04. The Kier molecular flexibility index (Phi) is 5.97. The maximum absolute atomic E-state index is 12.2. The van der Waals surface area contributed by atoms with Gasteiger partial charge in [0.05, 0.1) is 6.04 Å². The molecule has 0 saturated carbocycles. The van der Waals surface area contributed by atoms with E-state index in [1.807, 2.05) is 0 Å². The number of likely N-dealkylation sites (tertiary alicyclic amines) is 1. The molecule has 1 aromatic carbocycles. The second kappa shape index (κ2) is 8.18. The summed E-state index contributed by atoms with van der Waals surface area (Å²) in [5.74, 6) is 1.87. The summed E-state index contributed by atoms with van der Waals surface area (Å²) in [7, 11) is 0. The molecule has 2 saturated heterocycles. The first-order chi connectivity index (χ1) is 11.2. The average Bonchev–Trinajstić information content (AvgIpc) is 3.10. The van der Waals surface area contributed by atoms with E-state index in [9.17, 15) is 4.79 Å². The molecule has 2 N–H and O–H groups in total. The fourth-order valence-corrected chi connectivity index (χ4v) is 4.31. The molecule has 0 spiro atoms. The minimum absolute atomic E-state index is 0.0331. The zero-order chi connectivity index (χ0) is 16.1. The van der Waals surface area contributed by atoms with Crippen LogP contribution in [0.25, 0.3) is 0 Å². The van der Waals surface area contributed by atoms with E-state index in [0.29, 0.717) is 12.6 Å². The molecule has 0 aromatic heterocycles. The monoisotopic (exact) mass is 333 g/mol. The van der Waals surface area contributed by atoms with Crippen LogP contribution >= 0.6 is 11.8 Å². The summed E-state index contributed by atoms with van der Waals surface area (Å²) in [4.78, 5) is 14.7. The van der Waals surface area contributed by atoms with Gasteiger partial charge in [0.25, 0.3) is 0 Å². The highest BCUT2D eigenvalue weighted by atomic mass is 32.2. The fourth-order valence-electron chi connectivity index (χ4n) is 3.36. The van der Waals surface area contributed by atoms with Gasteiger partial charge in [0.2, 0.25) is 5.91 Å². The quantitative estimate of drug-likeness (QED) is 0.868. The standard InChI is InChI=1S/C18H27N3OS/c1-14-6-4-5-9-21(14)11-16-8-3-2-7-15(16)10-19-18(22)17-12-23-13-20-17/h2-3,7-8,14,17,20H,4-6,9-13H2,1H3,(H,19,22). The van der Waals surface area contributed by atoms with E-state index in [2.05, 4.69) is 46.7 Å². The Bertz CT molecular complexity index is 531. The van der Waals surface area contributed by atoms with Crippen LogP contribution in [0.4, 0.5) is 0 Å². The molecule has 3 rings (SSSR count). The zero-order valence-corrected chi connectivity index (χ0v) is 14.7. The number of amides is 1. The van der Waals surface area contributed by atoms with Gasteiger partial charge in [0.15, 0.2) is 0 Å². The first kappa shape index (κ1) is 16.8. The smallest absolute Gasteiger partial charge is 0.238 e. The van der Waals surface area contributed by atoms with Crippen molar-refractivity contribution < 1.29 is 4.79 Å². The highest BCUT2D eigenvalue weighted by Crippen LogP contribution is 2.21. The van der Waals surface area contributed by atoms with E-state index in [4.69, 9.17) is 0 Å². The van der Waals surface area contributed by atoms with Crippen molar-refractivity contribution in [3.05, 3.63) is 35.4 Å². The van der Waals surface area contributed by atoms with E-state index in [-0.39, 0.29) is 11.9 Å². The van der Waals surface area contributed by atoms with Crippen LogP contribution in [-0.2, 0) is 17.9 Å². The lowest BCUT2D eigenvalue weighted by atomic mass is 10.0. The summed E-state index contributed by atoms with van der Waals surface area (Å²) >= 11 is 1.78. The minimum atomic E-state index is -0.0331. The molecule has 23 heavy (non-hydrogen) atoms. The molecule has 2 fully saturated rings. The van der Waals surface area contributed by atoms with E-state index >= 15 is 0 Å². The molecule has 0 bridgehead atoms. The van der Waals surface area contributed by atoms with Crippen molar-refractivity contribution >= 4 is 17.7 Å². The number of carbonyl (C=O) groups excluding carboxylic acids is 1. The molecule has 4 nitrogen and oxygen atoms in total. The molecule has 2 heterocycles. The number of nitrogens with one attached hydrogen (secondary N) is 2. The van der Waals surface area contributed by atoms with Crippen LogP contribution in [0.5, 0.6) is 0 Å². The minimum Gasteiger partial charge on any atom is -0.351 e. The molecule has 2 atom stereocenters. The van der Waals surface area contributed by atoms with E-state index in [1.54, 1.807) is 11.8 Å². The largest absolute Gasteiger partial charge is 0.351 e. The number of thioether (sulfide) groups is 1. The van der Waals surface area contributed by atoms with Gasteiger partial charge in [-0.05, 0) is 37.4 Å². The number of hydrogen-bond acceptors (Lipinski definition) is 4. The summed E-state index contributed by atoms with van der Waals surface area (Å²) in [6.45, 7) is 5.13. The Morgan fingerprint density at radius 2 is 2.17 bits per heavy atom. The number of nitrogens with zero attached hydrogens (tertiary/aromatic N) is 1. The van der Waals surface area contributed by atoms with Gasteiger partial charge >= 0.3 is 0 Å². The van der Waals surface area contributed by atoms with Crippen LogP contribution in [0.2, 0.25) is 0 Å². The lowest BCUT2D eigenvalue weighted by molar-refractivity contribution is -0.122. The molecule has 0 aliphatic carbocycles. The number of hydrogen-bond donors (Lipinski definition) is 2. The third-order valence-corrected chi connectivity index (χ3v) is 5.86. The Balaban J connectivity index is 1.59. The molecular formula is C18H27N3OS. The summed E-state index contributed by atoms with van der Waals surface area (Å²) in [6, 6.07) is 9.13. The first-order valence-electron chi connectivity index (χ1n) is 8.63. The molecule has 2 aliphatic heterocycles. The normalized spacial score (nSPS) is 25.4. The van der Waals surface area contributed by atoms with Gasteiger partial charge in [0.1, 0.15) is 0 Å². The highest BCUT2D eigenvalue weighted by molar-refractivity contribution is 7.99. The lowest BCUT2D eigenvalue weighted by Crippen LogP contribution is -2.42. The van der Waals surface area contributed by atoms with Crippen LogP contribution in [0.15, 0.2) is 24.3 Å². The van der Waals surface area contributed by atoms with Gasteiger partial charge in [-0.15, -0.1) is 11.8 Å². The van der Waals surface area contributed by atoms with Crippen molar-refractivity contribution in [2.75, 3.05) is 18.2 Å². The molecule has 1 amide bonds. The van der Waals surface area contributed by atoms with Gasteiger partial charge in [-0.25, -0.2) is 0 Å². The summed E-state index contributed by atoms with van der Waals surface area (Å²) < 4.78 is 0. The molecular weight excluding hydrogens is 306 g/mol. The summed E-state index contributed by atoms with van der Waals surface area (Å²) in [5, 5.41) is 6.32. The van der Waals surface area contributed by atoms with E-state index < -0.39 is 0 Å². The van der Waals surface area contributed by atoms with Gasteiger partial charge in [-0.1, -0.05) is 30.7 Å². The van der Waals surface area contributed by atoms with Crippen LogP contribution < -0.4 is 10.6 Å². The lowest BCUT2D eigenvalue weighted by Gasteiger charge is -2.33. The molecule has 0 radical (unpaired) electrons. The molecule has 5 heteroatoms. The predicted molar refractivity (Wildman–Crippen MR) is 96.3 cm³/mol. The van der Waals surface area contributed by atoms with Crippen molar-refractivity contribution in [1.29, 1.82) is 0 Å². The number of piperidine rings is 1. The van der Waals surface area contributed by atoms with E-state index in [0.717, 1.165) is 18.2 Å². The van der Waals surface area contributed by atoms with Gasteiger partial charge in [-0.2, -0.15) is 0 Å². The van der Waals surface area contributed by atoms with Crippen molar-refractivity contribution in [2.24, 2.45) is 0 Å². The van der Waals surface area contributed by atoms with E-state index in [1.165, 1.54) is 36.9 Å². The Morgan fingerprint density at radius 1 is 1.35 bits per heavy atom. The molecule has 1 aromatic rings. The third kappa shape index (κ3) is 4.49. The van der Waals surface area contributed by atoms with Gasteiger partial charge < -0.3 is 5.32 Å². The molecule has 126 valence electrons. The third-order valence-electron chi connectivity index (χ3n) is 4.92. The summed E-state index contributed by atoms with van der Waals surface area (Å²) in [6.07, 6.45) is 3.94. The highest BCUT2D eigenvalue weighted by Gasteiger charge is 2.23. The molecule has 2 aliphatic rings. The number of benzene rings is 1. The maximum Gasteiger partial charge on any atom is 0.238 e. The van der Waals surface area contributed by atoms with Crippen LogP contribution in [0.3, 0.4) is 0 Å². The number of carbonyl (C=O) groups is 1. The SMILES string of the molecule is CC1CCCCN1Cc1ccccc1CNC(=O)C1CSCN1. The second-order valence-corrected chi connectivity index (χ2v) is 7.60. The predicted octanol–water partition coefficient (Wildman–Crippen LogP) is 2.34. The Labute approximate surface area is 143 Å². The molecule has 2 unspecified atom stereocenters. The topological polar surface area (TPSA) is 44.4 Å². The van der Waals surface area contributed by atoms with Crippen molar-refractivity contribution in [2.45, 2.75) is 51.4 Å². The first-order valence-corrected chi connectivity index (χ1v) is 9.79. The zero-order valence-electron chi connectivity index (χ0n) is 13.9. The van der Waals surface area contributed by atoms with Gasteiger partial charge in [-0.3, -0.25) is 15.0 Å². The number of rotatable bonds is 5. The van der Waals surface area contributed by atoms with Crippen LogP contribution in [-0.4, -0.2) is 41.1 Å². The van der Waals surface area contributed by atoms with Crippen molar-refractivity contribution in [3.63, 3.8) is 0 Å². The fraction of sp³-hybridized carbons (Fsp3) is 0.611. The van der Waals surface area contributed by atoms with Crippen molar-refractivity contribution in [1.82, 2.24) is 15.5 Å². The average molecular weight is 334 g/mol. The van der Waals surface area contributed by atoms with Gasteiger partial charge in [0, 0.05) is 30.8 Å². The van der Waals surface area contributed by atoms with Crippen molar-refractivity contribution in [3.8, 4) is 0 Å². The van der Waals surface area contributed by atoms with Crippen LogP contribution in [0, 0.1) is 0 Å².